The fourth-order valence-corrected chi connectivity index (χ4v) is 4.42. The third-order valence-corrected chi connectivity index (χ3v) is 6.19. The van der Waals surface area contributed by atoms with E-state index in [1.807, 2.05) is 26.0 Å². The predicted octanol–water partition coefficient (Wildman–Crippen LogP) is 2.42. The molecule has 186 valence electrons. The van der Waals surface area contributed by atoms with E-state index in [0.717, 1.165) is 16.8 Å². The number of nitriles is 1. The van der Waals surface area contributed by atoms with E-state index in [-0.39, 0.29) is 24.3 Å². The Balaban J connectivity index is 1.67. The van der Waals surface area contributed by atoms with E-state index in [2.05, 4.69) is 26.6 Å². The number of aromatic nitrogens is 1. The Kier molecular flexibility index (Phi) is 8.53. The minimum absolute atomic E-state index is 0.0378. The van der Waals surface area contributed by atoms with E-state index < -0.39 is 6.04 Å². The van der Waals surface area contributed by atoms with Gasteiger partial charge in [-0.15, -0.1) is 0 Å². The molecule has 0 unspecified atom stereocenters. The lowest BCUT2D eigenvalue weighted by atomic mass is 10.0. The molecule has 1 aliphatic heterocycles. The highest BCUT2D eigenvalue weighted by Crippen LogP contribution is 2.27. The van der Waals surface area contributed by atoms with Gasteiger partial charge in [0.05, 0.1) is 19.8 Å². The molecule has 9 heteroatoms. The zero-order chi connectivity index (χ0) is 25.5. The summed E-state index contributed by atoms with van der Waals surface area (Å²) in [6.45, 7) is 6.58. The first-order valence-electron chi connectivity index (χ1n) is 11.7. The molecule has 1 aromatic carbocycles. The van der Waals surface area contributed by atoms with Crippen molar-refractivity contribution in [3.05, 3.63) is 46.6 Å². The number of anilines is 1. The van der Waals surface area contributed by atoms with Crippen LogP contribution in [0, 0.1) is 25.2 Å². The van der Waals surface area contributed by atoms with Crippen molar-refractivity contribution in [1.29, 1.82) is 5.26 Å². The van der Waals surface area contributed by atoms with Gasteiger partial charge in [0.2, 0.25) is 11.8 Å². The highest BCUT2D eigenvalue weighted by atomic mass is 16.5. The molecule has 9 nitrogen and oxygen atoms in total. The molecule has 0 radical (unpaired) electrons. The lowest BCUT2D eigenvalue weighted by Crippen LogP contribution is -2.52. The smallest absolute Gasteiger partial charge is 0.243 e. The second-order valence-corrected chi connectivity index (χ2v) is 8.80. The van der Waals surface area contributed by atoms with Crippen molar-refractivity contribution in [2.24, 2.45) is 0 Å². The Morgan fingerprint density at radius 2 is 1.91 bits per heavy atom. The van der Waals surface area contributed by atoms with Crippen LogP contribution >= 0.6 is 0 Å². The molecule has 3 rings (SSSR count). The van der Waals surface area contributed by atoms with E-state index >= 15 is 0 Å². The summed E-state index contributed by atoms with van der Waals surface area (Å²) in [4.78, 5) is 31.7. The number of methoxy groups -OCH3 is 2. The molecule has 1 atom stereocenters. The first kappa shape index (κ1) is 25.8. The maximum atomic E-state index is 13.2. The molecule has 1 aliphatic rings. The average molecular weight is 480 g/mol. The summed E-state index contributed by atoms with van der Waals surface area (Å²) in [6, 6.07) is 8.80. The SMILES string of the molecule is COc1ccc(C[C@H](NC(C)=O)C(=O)NC2CCN(c3nc(C)cc(C)c3C#N)CC2)c(OC)c1. The second-order valence-electron chi connectivity index (χ2n) is 8.80. The zero-order valence-electron chi connectivity index (χ0n) is 21.0. The summed E-state index contributed by atoms with van der Waals surface area (Å²) in [6.07, 6.45) is 1.71. The molecular formula is C26H33N5O4. The van der Waals surface area contributed by atoms with Gasteiger partial charge < -0.3 is 25.0 Å². The summed E-state index contributed by atoms with van der Waals surface area (Å²) >= 11 is 0. The quantitative estimate of drug-likeness (QED) is 0.597. The lowest BCUT2D eigenvalue weighted by molar-refractivity contribution is -0.128. The van der Waals surface area contributed by atoms with Gasteiger partial charge in [0.25, 0.3) is 0 Å². The molecule has 0 aliphatic carbocycles. The van der Waals surface area contributed by atoms with Crippen LogP contribution in [0.2, 0.25) is 0 Å². The zero-order valence-corrected chi connectivity index (χ0v) is 21.0. The topological polar surface area (TPSA) is 117 Å². The normalized spacial score (nSPS) is 14.6. The number of carbonyl (C=O) groups is 2. The third kappa shape index (κ3) is 6.41. The van der Waals surface area contributed by atoms with E-state index in [9.17, 15) is 14.9 Å². The Labute approximate surface area is 206 Å². The molecule has 0 saturated carbocycles. The molecule has 1 aromatic heterocycles. The van der Waals surface area contributed by atoms with Crippen molar-refractivity contribution in [3.63, 3.8) is 0 Å². The number of piperidine rings is 1. The van der Waals surface area contributed by atoms with Gasteiger partial charge in [-0.3, -0.25) is 9.59 Å². The molecule has 1 saturated heterocycles. The molecule has 0 spiro atoms. The van der Waals surface area contributed by atoms with Crippen molar-refractivity contribution in [2.45, 2.75) is 52.1 Å². The Morgan fingerprint density at radius 1 is 1.20 bits per heavy atom. The molecule has 2 aromatic rings. The molecule has 2 amide bonds. The minimum atomic E-state index is -0.737. The molecule has 0 bridgehead atoms. The van der Waals surface area contributed by atoms with Crippen molar-refractivity contribution < 1.29 is 19.1 Å². The summed E-state index contributed by atoms with van der Waals surface area (Å²) < 4.78 is 10.7. The van der Waals surface area contributed by atoms with E-state index in [4.69, 9.17) is 9.47 Å². The maximum absolute atomic E-state index is 13.2. The highest BCUT2D eigenvalue weighted by molar-refractivity contribution is 5.87. The summed E-state index contributed by atoms with van der Waals surface area (Å²) in [5.41, 5.74) is 3.18. The van der Waals surface area contributed by atoms with Crippen LogP contribution in [0.3, 0.4) is 0 Å². The van der Waals surface area contributed by atoms with E-state index in [0.29, 0.717) is 48.8 Å². The van der Waals surface area contributed by atoms with Crippen LogP contribution in [-0.2, 0) is 16.0 Å². The first-order chi connectivity index (χ1) is 16.7. The number of carbonyl (C=O) groups excluding carboxylic acids is 2. The van der Waals surface area contributed by atoms with Crippen molar-refractivity contribution in [2.75, 3.05) is 32.2 Å². The van der Waals surface area contributed by atoms with Crippen LogP contribution in [0.15, 0.2) is 24.3 Å². The van der Waals surface area contributed by atoms with Crippen LogP contribution in [0.1, 0.15) is 42.1 Å². The standard InChI is InChI=1S/C26H33N5O4/c1-16-12-17(2)28-25(22(16)15-27)31-10-8-20(9-11-31)30-26(33)23(29-18(3)32)13-19-6-7-21(34-4)14-24(19)35-5/h6-7,12,14,20,23H,8-11,13H2,1-5H3,(H,29,32)(H,30,33)/t23-/m0/s1. The van der Waals surface area contributed by atoms with Gasteiger partial charge in [0.15, 0.2) is 0 Å². The minimum Gasteiger partial charge on any atom is -0.497 e. The molecule has 1 fully saturated rings. The number of nitrogens with zero attached hydrogens (tertiary/aromatic N) is 3. The molecule has 2 N–H and O–H groups in total. The monoisotopic (exact) mass is 479 g/mol. The number of rotatable bonds is 8. The Hall–Kier alpha value is -3.80. The van der Waals surface area contributed by atoms with Gasteiger partial charge in [-0.05, 0) is 49.9 Å². The first-order valence-corrected chi connectivity index (χ1v) is 11.7. The molecular weight excluding hydrogens is 446 g/mol. The predicted molar refractivity (Wildman–Crippen MR) is 133 cm³/mol. The van der Waals surface area contributed by atoms with E-state index in [1.54, 1.807) is 26.4 Å². The number of pyridine rings is 1. The summed E-state index contributed by atoms with van der Waals surface area (Å²) in [5.74, 6) is 1.43. The number of benzene rings is 1. The lowest BCUT2D eigenvalue weighted by Gasteiger charge is -2.34. The number of ether oxygens (including phenoxy) is 2. The van der Waals surface area contributed by atoms with Gasteiger partial charge in [-0.1, -0.05) is 6.07 Å². The summed E-state index contributed by atoms with van der Waals surface area (Å²) in [7, 11) is 3.13. The van der Waals surface area contributed by atoms with Crippen molar-refractivity contribution >= 4 is 17.6 Å². The van der Waals surface area contributed by atoms with Crippen molar-refractivity contribution in [3.8, 4) is 17.6 Å². The Bertz CT molecular complexity index is 1120. The van der Waals surface area contributed by atoms with Crippen LogP contribution in [0.25, 0.3) is 0 Å². The van der Waals surface area contributed by atoms with Crippen LogP contribution < -0.4 is 25.0 Å². The van der Waals surface area contributed by atoms with Crippen LogP contribution in [-0.4, -0.2) is 56.2 Å². The number of hydrogen-bond donors (Lipinski definition) is 2. The number of amides is 2. The van der Waals surface area contributed by atoms with Gasteiger partial charge >= 0.3 is 0 Å². The van der Waals surface area contributed by atoms with Crippen molar-refractivity contribution in [1.82, 2.24) is 15.6 Å². The Morgan fingerprint density at radius 3 is 2.51 bits per heavy atom. The van der Waals surface area contributed by atoms with Gasteiger partial charge in [0.1, 0.15) is 29.4 Å². The number of hydrogen-bond acceptors (Lipinski definition) is 7. The highest BCUT2D eigenvalue weighted by Gasteiger charge is 2.28. The largest absolute Gasteiger partial charge is 0.497 e. The summed E-state index contributed by atoms with van der Waals surface area (Å²) in [5, 5.41) is 15.5. The molecule has 35 heavy (non-hydrogen) atoms. The fourth-order valence-electron chi connectivity index (χ4n) is 4.42. The van der Waals surface area contributed by atoms with Crippen LogP contribution in [0.5, 0.6) is 11.5 Å². The van der Waals surface area contributed by atoms with Gasteiger partial charge in [-0.2, -0.15) is 5.26 Å². The third-order valence-electron chi connectivity index (χ3n) is 6.19. The average Bonchev–Trinajstić information content (AvgIpc) is 2.83. The maximum Gasteiger partial charge on any atom is 0.243 e. The van der Waals surface area contributed by atoms with Gasteiger partial charge in [0, 0.05) is 44.2 Å². The molecule has 2 heterocycles. The number of aryl methyl sites for hydroxylation is 2. The second kappa shape index (κ2) is 11.6. The van der Waals surface area contributed by atoms with E-state index in [1.165, 1.54) is 6.92 Å². The number of nitrogens with one attached hydrogen (secondary N) is 2. The fraction of sp³-hybridized carbons (Fsp3) is 0.462. The van der Waals surface area contributed by atoms with Gasteiger partial charge in [-0.25, -0.2) is 4.98 Å². The van der Waals surface area contributed by atoms with Crippen LogP contribution in [0.4, 0.5) is 5.82 Å².